The molecule has 0 aliphatic rings. The van der Waals surface area contributed by atoms with E-state index in [4.69, 9.17) is 27.8 Å². The SMILES string of the molecule is COP(=O)(CC[C@@H](O)C[C@@H](O)/C=N/OCc1ccccc1)OC.COP(=O)(CC[C@@H](O)C[C@@H](O)CNOCc1ccccc1)OC. The van der Waals surface area contributed by atoms with Crippen LogP contribution in [-0.2, 0) is 50.1 Å². The number of aliphatic hydroxyl groups is 4. The fourth-order valence-corrected chi connectivity index (χ4v) is 6.02. The van der Waals surface area contributed by atoms with Gasteiger partial charge in [0.25, 0.3) is 0 Å². The van der Waals surface area contributed by atoms with Crippen molar-refractivity contribution >= 4 is 21.4 Å². The number of hydroxylamine groups is 1. The average Bonchev–Trinajstić information content (AvgIpc) is 3.07. The third kappa shape index (κ3) is 19.6. The van der Waals surface area contributed by atoms with Crippen LogP contribution in [0.5, 0.6) is 0 Å². The van der Waals surface area contributed by atoms with Crippen LogP contribution in [0.4, 0.5) is 0 Å². The topological polar surface area (TPSA) is 195 Å². The van der Waals surface area contributed by atoms with Crippen molar-refractivity contribution in [2.75, 3.05) is 47.3 Å². The van der Waals surface area contributed by atoms with E-state index in [2.05, 4.69) is 10.6 Å². The van der Waals surface area contributed by atoms with Crippen molar-refractivity contribution in [2.45, 2.75) is 63.3 Å². The zero-order valence-electron chi connectivity index (χ0n) is 26.9. The normalized spacial score (nSPS) is 14.7. The van der Waals surface area contributed by atoms with Gasteiger partial charge in [0.15, 0.2) is 0 Å². The van der Waals surface area contributed by atoms with Gasteiger partial charge < -0.3 is 43.4 Å². The van der Waals surface area contributed by atoms with Gasteiger partial charge >= 0.3 is 15.2 Å². The van der Waals surface area contributed by atoms with Crippen molar-refractivity contribution in [1.29, 1.82) is 0 Å². The van der Waals surface area contributed by atoms with E-state index < -0.39 is 39.6 Å². The molecule has 0 spiro atoms. The quantitative estimate of drug-likeness (QED) is 0.0488. The molecule has 4 atom stereocenters. The van der Waals surface area contributed by atoms with Gasteiger partial charge in [-0.25, -0.2) is 0 Å². The van der Waals surface area contributed by atoms with Gasteiger partial charge in [0.2, 0.25) is 0 Å². The molecule has 0 aromatic heterocycles. The molecular formula is C30H50N2O12P2. The Labute approximate surface area is 271 Å². The van der Waals surface area contributed by atoms with Gasteiger partial charge in [-0.05, 0) is 24.0 Å². The minimum atomic E-state index is -3.14. The molecular weight excluding hydrogens is 642 g/mol. The molecule has 5 N–H and O–H groups in total. The largest absolute Gasteiger partial charge is 0.393 e. The summed E-state index contributed by atoms with van der Waals surface area (Å²) < 4.78 is 42.8. The molecule has 0 radical (unpaired) electrons. The van der Waals surface area contributed by atoms with Crippen molar-refractivity contribution in [3.63, 3.8) is 0 Å². The lowest BCUT2D eigenvalue weighted by molar-refractivity contribution is -0.00797. The van der Waals surface area contributed by atoms with E-state index in [1.165, 1.54) is 34.7 Å². The minimum absolute atomic E-state index is 0.0611. The fourth-order valence-electron chi connectivity index (χ4n) is 3.76. The van der Waals surface area contributed by atoms with Gasteiger partial charge in [0, 0.05) is 47.8 Å². The Hall–Kier alpha value is -2.03. The highest BCUT2D eigenvalue weighted by atomic mass is 31.2. The minimum Gasteiger partial charge on any atom is -0.393 e. The van der Waals surface area contributed by atoms with E-state index in [0.29, 0.717) is 13.2 Å². The molecule has 0 unspecified atom stereocenters. The van der Waals surface area contributed by atoms with Crippen LogP contribution < -0.4 is 5.48 Å². The first kappa shape index (κ1) is 42.0. The van der Waals surface area contributed by atoms with E-state index >= 15 is 0 Å². The standard InChI is InChI=1S/C15H26NO6P.C15H24NO6P/c2*1-20-23(19,21-2)9-8-14(17)10-15(18)11-16-22-12-13-6-4-3-5-7-13/h3-7,14-18H,8-12H2,1-2H3;3-7,11,14-15,17-18H,8-10,12H2,1-2H3/b;16-11+/t2*14-,15-/m11/s1. The Morgan fingerprint density at radius 3 is 1.63 bits per heavy atom. The van der Waals surface area contributed by atoms with Crippen LogP contribution in [0.25, 0.3) is 0 Å². The zero-order chi connectivity index (χ0) is 34.3. The molecule has 0 bridgehead atoms. The first-order chi connectivity index (χ1) is 22.0. The van der Waals surface area contributed by atoms with Crippen LogP contribution in [0.1, 0.15) is 36.8 Å². The molecule has 0 saturated carbocycles. The molecule has 0 heterocycles. The number of hydrogen-bond donors (Lipinski definition) is 5. The van der Waals surface area contributed by atoms with Crippen LogP contribution in [0.3, 0.4) is 0 Å². The first-order valence-corrected chi connectivity index (χ1v) is 18.1. The van der Waals surface area contributed by atoms with Crippen molar-refractivity contribution in [1.82, 2.24) is 5.48 Å². The Morgan fingerprint density at radius 2 is 1.15 bits per heavy atom. The molecule has 0 fully saturated rings. The first-order valence-electron chi connectivity index (χ1n) is 14.7. The highest BCUT2D eigenvalue weighted by Gasteiger charge is 2.24. The van der Waals surface area contributed by atoms with E-state index in [0.717, 1.165) is 11.1 Å². The molecule has 262 valence electrons. The Balaban J connectivity index is 0.000000460. The zero-order valence-corrected chi connectivity index (χ0v) is 28.7. The molecule has 2 aromatic rings. The maximum Gasteiger partial charge on any atom is 0.330 e. The van der Waals surface area contributed by atoms with Crippen molar-refractivity contribution in [3.05, 3.63) is 71.8 Å². The van der Waals surface area contributed by atoms with E-state index in [1.54, 1.807) is 0 Å². The van der Waals surface area contributed by atoms with Gasteiger partial charge in [0.05, 0.1) is 49.6 Å². The van der Waals surface area contributed by atoms with Crippen LogP contribution in [0, 0.1) is 0 Å². The third-order valence-electron chi connectivity index (χ3n) is 6.53. The van der Waals surface area contributed by atoms with Gasteiger partial charge in [-0.1, -0.05) is 65.8 Å². The predicted octanol–water partition coefficient (Wildman–Crippen LogP) is 3.87. The number of oxime groups is 1. The lowest BCUT2D eigenvalue weighted by atomic mass is 10.1. The second kappa shape index (κ2) is 24.2. The molecule has 2 rings (SSSR count). The Morgan fingerprint density at radius 1 is 0.696 bits per heavy atom. The Bertz CT molecular complexity index is 1150. The highest BCUT2D eigenvalue weighted by Crippen LogP contribution is 2.47. The summed E-state index contributed by atoms with van der Waals surface area (Å²) in [5.74, 6) is 0. The lowest BCUT2D eigenvalue weighted by Gasteiger charge is -2.18. The molecule has 0 amide bonds. The van der Waals surface area contributed by atoms with Crippen LogP contribution >= 0.6 is 15.2 Å². The summed E-state index contributed by atoms with van der Waals surface area (Å²) in [5, 5.41) is 42.9. The van der Waals surface area contributed by atoms with Crippen molar-refractivity contribution in [2.24, 2.45) is 5.16 Å². The van der Waals surface area contributed by atoms with Crippen molar-refractivity contribution < 1.29 is 57.3 Å². The summed E-state index contributed by atoms with van der Waals surface area (Å²) in [6.07, 6.45) is -1.34. The average molecular weight is 693 g/mol. The third-order valence-corrected chi connectivity index (χ3v) is 10.4. The maximum absolute atomic E-state index is 11.8. The molecule has 16 heteroatoms. The number of aliphatic hydroxyl groups excluding tert-OH is 4. The van der Waals surface area contributed by atoms with Crippen LogP contribution in [-0.4, -0.2) is 98.4 Å². The monoisotopic (exact) mass is 692 g/mol. The van der Waals surface area contributed by atoms with E-state index in [1.807, 2.05) is 60.7 Å². The van der Waals surface area contributed by atoms with Gasteiger partial charge in [-0.3, -0.25) is 14.0 Å². The molecule has 0 aliphatic carbocycles. The van der Waals surface area contributed by atoms with E-state index in [9.17, 15) is 29.6 Å². The molecule has 14 nitrogen and oxygen atoms in total. The Kier molecular flexibility index (Phi) is 22.1. The molecule has 46 heavy (non-hydrogen) atoms. The molecule has 0 saturated heterocycles. The smallest absolute Gasteiger partial charge is 0.330 e. The van der Waals surface area contributed by atoms with Crippen LogP contribution in [0.2, 0.25) is 0 Å². The maximum atomic E-state index is 11.8. The number of benzene rings is 2. The van der Waals surface area contributed by atoms with Gasteiger partial charge in [-0.2, -0.15) is 5.48 Å². The van der Waals surface area contributed by atoms with Crippen molar-refractivity contribution in [3.8, 4) is 0 Å². The fraction of sp³-hybridized carbons (Fsp3) is 0.567. The highest BCUT2D eigenvalue weighted by molar-refractivity contribution is 7.54. The summed E-state index contributed by atoms with van der Waals surface area (Å²) >= 11 is 0. The van der Waals surface area contributed by atoms with Gasteiger partial charge in [0.1, 0.15) is 6.61 Å². The second-order valence-electron chi connectivity index (χ2n) is 10.1. The molecule has 0 aliphatic heterocycles. The lowest BCUT2D eigenvalue weighted by Crippen LogP contribution is -2.30. The van der Waals surface area contributed by atoms with Gasteiger partial charge in [-0.15, -0.1) is 0 Å². The summed E-state index contributed by atoms with van der Waals surface area (Å²) in [5.41, 5.74) is 4.65. The second-order valence-corrected chi connectivity index (χ2v) is 14.9. The number of rotatable bonds is 23. The number of nitrogens with one attached hydrogen (secondary N) is 1. The summed E-state index contributed by atoms with van der Waals surface area (Å²) in [7, 11) is -1.06. The van der Waals surface area contributed by atoms with E-state index in [-0.39, 0.29) is 44.6 Å². The summed E-state index contributed by atoms with van der Waals surface area (Å²) in [4.78, 5) is 10.3. The van der Waals surface area contributed by atoms with Crippen LogP contribution in [0.15, 0.2) is 65.8 Å². The summed E-state index contributed by atoms with van der Waals surface area (Å²) in [6, 6.07) is 19.1. The molecule has 2 aromatic carbocycles. The number of nitrogens with zero attached hydrogens (tertiary/aromatic N) is 1. The number of hydrogen-bond acceptors (Lipinski definition) is 14. The predicted molar refractivity (Wildman–Crippen MR) is 174 cm³/mol. The summed E-state index contributed by atoms with van der Waals surface area (Å²) in [6.45, 7) is 0.883.